The van der Waals surface area contributed by atoms with Gasteiger partial charge in [-0.25, -0.2) is 4.39 Å². The molecule has 0 fully saturated rings. The van der Waals surface area contributed by atoms with E-state index in [2.05, 4.69) is 5.32 Å². The van der Waals surface area contributed by atoms with E-state index in [1.54, 1.807) is 6.07 Å². The summed E-state index contributed by atoms with van der Waals surface area (Å²) in [5, 5.41) is 3.14. The molecule has 0 spiro atoms. The van der Waals surface area contributed by atoms with Crippen LogP contribution >= 0.6 is 0 Å². The molecule has 0 radical (unpaired) electrons. The number of amides is 2. The number of primary amides is 1. The largest absolute Gasteiger partial charge is 0.370 e. The zero-order valence-electron chi connectivity index (χ0n) is 19.5. The van der Waals surface area contributed by atoms with Crippen molar-refractivity contribution < 1.29 is 14.0 Å². The maximum absolute atomic E-state index is 14.1. The predicted octanol–water partition coefficient (Wildman–Crippen LogP) is 5.32. The van der Waals surface area contributed by atoms with Crippen LogP contribution in [0.25, 0.3) is 11.6 Å². The number of allylic oxidation sites excluding steroid dienone is 2. The highest BCUT2D eigenvalue weighted by atomic mass is 19.1. The van der Waals surface area contributed by atoms with Gasteiger partial charge in [0, 0.05) is 24.8 Å². The lowest BCUT2D eigenvalue weighted by atomic mass is 9.67. The van der Waals surface area contributed by atoms with Gasteiger partial charge >= 0.3 is 0 Å². The highest BCUT2D eigenvalue weighted by Crippen LogP contribution is 2.55. The highest BCUT2D eigenvalue weighted by molar-refractivity contribution is 6.00. The molecule has 0 saturated carbocycles. The topological polar surface area (TPSA) is 72.2 Å². The van der Waals surface area contributed by atoms with Crippen LogP contribution in [0.5, 0.6) is 0 Å². The minimum Gasteiger partial charge on any atom is -0.370 e. The molecule has 0 heterocycles. The summed E-state index contributed by atoms with van der Waals surface area (Å²) in [4.78, 5) is 25.9. The fraction of sp³-hybridized carbons (Fsp3) is 0.200. The first-order valence-electron chi connectivity index (χ1n) is 11.8. The Bertz CT molecular complexity index is 1360. The van der Waals surface area contributed by atoms with Crippen LogP contribution in [0.4, 0.5) is 4.39 Å². The van der Waals surface area contributed by atoms with E-state index in [9.17, 15) is 14.0 Å². The molecule has 3 atom stereocenters. The van der Waals surface area contributed by atoms with E-state index >= 15 is 0 Å². The molecule has 4 nitrogen and oxygen atoms in total. The van der Waals surface area contributed by atoms with Crippen molar-refractivity contribution in [2.24, 2.45) is 11.1 Å². The van der Waals surface area contributed by atoms with E-state index in [4.69, 9.17) is 5.73 Å². The van der Waals surface area contributed by atoms with Crippen molar-refractivity contribution in [3.05, 3.63) is 119 Å². The van der Waals surface area contributed by atoms with E-state index in [1.807, 2.05) is 79.7 Å². The molecule has 0 aliphatic heterocycles. The average Bonchev–Trinajstić information content (AvgIpc) is 3.44. The number of carbonyl (C=O) groups excluding carboxylic acids is 2. The normalized spacial score (nSPS) is 19.4. The molecule has 0 saturated heterocycles. The number of halogens is 1. The first-order valence-corrected chi connectivity index (χ1v) is 11.8. The van der Waals surface area contributed by atoms with E-state index in [0.717, 1.165) is 33.4 Å². The standard InChI is InChI=1S/C30H27FN2O2/c1-30(29(35)33-18-19-7-3-2-4-8-19,26-14-11-20-15-22(31)12-13-24(20)26)27-16-21(17-28(32)34)23-9-5-6-10-25(23)27/h2-16,21,26H,17-18H2,1H3,(H2,32,34)(H,33,35). The minimum absolute atomic E-state index is 0.131. The van der Waals surface area contributed by atoms with Crippen molar-refractivity contribution in [1.29, 1.82) is 0 Å². The number of nitrogens with one attached hydrogen (secondary N) is 1. The molecule has 2 amide bonds. The molecule has 3 N–H and O–H groups in total. The van der Waals surface area contributed by atoms with E-state index < -0.39 is 5.41 Å². The lowest BCUT2D eigenvalue weighted by Gasteiger charge is -2.36. The first-order chi connectivity index (χ1) is 16.9. The molecule has 2 aliphatic rings. The number of rotatable bonds is 7. The third kappa shape index (κ3) is 4.08. The zero-order chi connectivity index (χ0) is 24.6. The molecular weight excluding hydrogens is 439 g/mol. The smallest absolute Gasteiger partial charge is 0.231 e. The van der Waals surface area contributed by atoms with Gasteiger partial charge in [0.2, 0.25) is 11.8 Å². The Hall–Kier alpha value is -3.99. The van der Waals surface area contributed by atoms with Crippen LogP contribution in [-0.4, -0.2) is 11.8 Å². The summed E-state index contributed by atoms with van der Waals surface area (Å²) in [6.07, 6.45) is 6.06. The second kappa shape index (κ2) is 8.99. The van der Waals surface area contributed by atoms with Gasteiger partial charge in [-0.1, -0.05) is 78.9 Å². The molecule has 0 aromatic heterocycles. The van der Waals surface area contributed by atoms with Crippen molar-refractivity contribution in [1.82, 2.24) is 5.32 Å². The van der Waals surface area contributed by atoms with Crippen LogP contribution in [0.15, 0.2) is 84.9 Å². The van der Waals surface area contributed by atoms with Crippen LogP contribution in [0.1, 0.15) is 53.0 Å². The Morgan fingerprint density at radius 3 is 2.51 bits per heavy atom. The van der Waals surface area contributed by atoms with Crippen molar-refractivity contribution in [2.75, 3.05) is 0 Å². The summed E-state index contributed by atoms with van der Waals surface area (Å²) >= 11 is 0. The number of hydrogen-bond acceptors (Lipinski definition) is 2. The molecule has 3 aromatic carbocycles. The van der Waals surface area contributed by atoms with E-state index in [1.165, 1.54) is 12.1 Å². The maximum atomic E-state index is 14.1. The van der Waals surface area contributed by atoms with Crippen molar-refractivity contribution in [2.45, 2.75) is 31.7 Å². The summed E-state index contributed by atoms with van der Waals surface area (Å²) in [7, 11) is 0. The van der Waals surface area contributed by atoms with Crippen LogP contribution in [0.2, 0.25) is 0 Å². The first kappa shape index (κ1) is 22.8. The van der Waals surface area contributed by atoms with Crippen LogP contribution in [0.3, 0.4) is 0 Å². The summed E-state index contributed by atoms with van der Waals surface area (Å²) in [5.74, 6) is -1.33. The Morgan fingerprint density at radius 1 is 1.00 bits per heavy atom. The van der Waals surface area contributed by atoms with Gasteiger partial charge in [0.05, 0.1) is 5.41 Å². The molecule has 176 valence electrons. The molecule has 0 bridgehead atoms. The molecule has 5 rings (SSSR count). The summed E-state index contributed by atoms with van der Waals surface area (Å²) in [5.41, 5.74) is 10.0. The second-order valence-corrected chi connectivity index (χ2v) is 9.43. The third-order valence-electron chi connectivity index (χ3n) is 7.24. The van der Waals surface area contributed by atoms with Crippen molar-refractivity contribution in [3.8, 4) is 0 Å². The van der Waals surface area contributed by atoms with Gasteiger partial charge in [0.15, 0.2) is 0 Å². The Labute approximate surface area is 204 Å². The monoisotopic (exact) mass is 466 g/mol. The number of fused-ring (bicyclic) bond motifs is 2. The second-order valence-electron chi connectivity index (χ2n) is 9.43. The highest BCUT2D eigenvalue weighted by Gasteiger charge is 2.48. The number of carbonyl (C=O) groups is 2. The average molecular weight is 467 g/mol. The van der Waals surface area contributed by atoms with Gasteiger partial charge in [-0.05, 0) is 52.4 Å². The SMILES string of the molecule is CC(C(=O)NCc1ccccc1)(C1=CC(CC(N)=O)c2ccccc21)C1C=Cc2cc(F)ccc21. The van der Waals surface area contributed by atoms with Gasteiger partial charge in [-0.15, -0.1) is 0 Å². The van der Waals surface area contributed by atoms with Gasteiger partial charge in [0.25, 0.3) is 0 Å². The fourth-order valence-corrected chi connectivity index (χ4v) is 5.46. The van der Waals surface area contributed by atoms with Crippen molar-refractivity contribution >= 4 is 23.5 Å². The quantitative estimate of drug-likeness (QED) is 0.495. The lowest BCUT2D eigenvalue weighted by Crippen LogP contribution is -2.42. The molecule has 5 heteroatoms. The number of hydrogen-bond donors (Lipinski definition) is 2. The van der Waals surface area contributed by atoms with Gasteiger partial charge in [0.1, 0.15) is 5.82 Å². The maximum Gasteiger partial charge on any atom is 0.231 e. The Morgan fingerprint density at radius 2 is 1.74 bits per heavy atom. The summed E-state index contributed by atoms with van der Waals surface area (Å²) in [6.45, 7) is 2.33. The van der Waals surface area contributed by atoms with Gasteiger partial charge < -0.3 is 11.1 Å². The lowest BCUT2D eigenvalue weighted by molar-refractivity contribution is -0.128. The van der Waals surface area contributed by atoms with Crippen molar-refractivity contribution in [3.63, 3.8) is 0 Å². The van der Waals surface area contributed by atoms with E-state index in [-0.39, 0.29) is 35.9 Å². The Balaban J connectivity index is 1.60. The molecule has 35 heavy (non-hydrogen) atoms. The molecule has 2 aliphatic carbocycles. The number of nitrogens with two attached hydrogens (primary N) is 1. The molecule has 3 unspecified atom stereocenters. The summed E-state index contributed by atoms with van der Waals surface area (Å²) in [6, 6.07) is 22.3. The summed E-state index contributed by atoms with van der Waals surface area (Å²) < 4.78 is 14.0. The number of benzene rings is 3. The minimum atomic E-state index is -1.00. The zero-order valence-corrected chi connectivity index (χ0v) is 19.5. The van der Waals surface area contributed by atoms with Crippen LogP contribution in [-0.2, 0) is 16.1 Å². The Kier molecular flexibility index (Phi) is 5.85. The van der Waals surface area contributed by atoms with Gasteiger partial charge in [-0.3, -0.25) is 9.59 Å². The fourth-order valence-electron chi connectivity index (χ4n) is 5.46. The van der Waals surface area contributed by atoms with Gasteiger partial charge in [-0.2, -0.15) is 0 Å². The predicted molar refractivity (Wildman–Crippen MR) is 136 cm³/mol. The molecular formula is C30H27FN2O2. The van der Waals surface area contributed by atoms with E-state index in [0.29, 0.717) is 6.54 Å². The van der Waals surface area contributed by atoms with Crippen LogP contribution in [0, 0.1) is 11.2 Å². The molecule has 3 aromatic rings. The van der Waals surface area contributed by atoms with Crippen LogP contribution < -0.4 is 11.1 Å². The third-order valence-corrected chi connectivity index (χ3v) is 7.24.